The molecule has 4 heteroatoms. The first-order valence-electron chi connectivity index (χ1n) is 5.92. The van der Waals surface area contributed by atoms with E-state index in [2.05, 4.69) is 11.9 Å². The van der Waals surface area contributed by atoms with E-state index in [1.807, 2.05) is 24.3 Å². The van der Waals surface area contributed by atoms with Gasteiger partial charge in [-0.25, -0.2) is 0 Å². The van der Waals surface area contributed by atoms with Gasteiger partial charge in [0.15, 0.2) is 0 Å². The third-order valence-electron chi connectivity index (χ3n) is 3.08. The number of ether oxygens (including phenoxy) is 2. The van der Waals surface area contributed by atoms with E-state index in [4.69, 9.17) is 15.2 Å². The molecule has 0 saturated heterocycles. The number of aromatic nitrogens is 1. The van der Waals surface area contributed by atoms with Crippen LogP contribution in [-0.4, -0.2) is 25.7 Å². The van der Waals surface area contributed by atoms with E-state index in [1.54, 1.807) is 14.2 Å². The monoisotopic (exact) mass is 246 g/mol. The normalized spacial score (nSPS) is 12.4. The Kier molecular flexibility index (Phi) is 3.67. The van der Waals surface area contributed by atoms with E-state index in [0.717, 1.165) is 28.1 Å². The standard InChI is InChI=1S/C14H18N2O2/c1-9(8-15)12-5-4-11-13(16-12)6-10(17-2)7-14(11)18-3/h4-7,9H,8,15H2,1-3H3. The van der Waals surface area contributed by atoms with Gasteiger partial charge in [0.2, 0.25) is 0 Å². The van der Waals surface area contributed by atoms with Gasteiger partial charge in [-0.15, -0.1) is 0 Å². The number of hydrogen-bond donors (Lipinski definition) is 1. The van der Waals surface area contributed by atoms with E-state index < -0.39 is 0 Å². The van der Waals surface area contributed by atoms with Crippen LogP contribution in [0.4, 0.5) is 0 Å². The van der Waals surface area contributed by atoms with E-state index in [9.17, 15) is 0 Å². The van der Waals surface area contributed by atoms with Gasteiger partial charge in [0.05, 0.1) is 19.7 Å². The Balaban J connectivity index is 2.61. The lowest BCUT2D eigenvalue weighted by Gasteiger charge is -2.12. The maximum absolute atomic E-state index is 5.67. The molecule has 1 aromatic carbocycles. The Morgan fingerprint density at radius 3 is 2.61 bits per heavy atom. The van der Waals surface area contributed by atoms with Gasteiger partial charge >= 0.3 is 0 Å². The number of rotatable bonds is 4. The zero-order valence-electron chi connectivity index (χ0n) is 10.9. The number of benzene rings is 1. The van der Waals surface area contributed by atoms with Gasteiger partial charge in [0.25, 0.3) is 0 Å². The molecule has 0 aliphatic carbocycles. The molecule has 0 spiro atoms. The molecule has 1 atom stereocenters. The second kappa shape index (κ2) is 5.23. The summed E-state index contributed by atoms with van der Waals surface area (Å²) in [6.45, 7) is 2.64. The fourth-order valence-electron chi connectivity index (χ4n) is 1.87. The molecular formula is C14H18N2O2. The molecule has 0 aliphatic heterocycles. The molecule has 96 valence electrons. The molecule has 2 aromatic rings. The number of hydrogen-bond acceptors (Lipinski definition) is 4. The average Bonchev–Trinajstić information content (AvgIpc) is 2.44. The van der Waals surface area contributed by atoms with Crippen molar-refractivity contribution >= 4 is 10.9 Å². The summed E-state index contributed by atoms with van der Waals surface area (Å²) < 4.78 is 10.6. The number of fused-ring (bicyclic) bond motifs is 1. The van der Waals surface area contributed by atoms with Gasteiger partial charge < -0.3 is 15.2 Å². The first kappa shape index (κ1) is 12.6. The zero-order chi connectivity index (χ0) is 13.1. The molecule has 0 aliphatic rings. The largest absolute Gasteiger partial charge is 0.497 e. The minimum absolute atomic E-state index is 0.242. The summed E-state index contributed by atoms with van der Waals surface area (Å²) in [6.07, 6.45) is 0. The van der Waals surface area contributed by atoms with Crippen molar-refractivity contribution in [3.8, 4) is 11.5 Å². The van der Waals surface area contributed by atoms with E-state index in [1.165, 1.54) is 0 Å². The van der Waals surface area contributed by atoms with Crippen molar-refractivity contribution in [2.75, 3.05) is 20.8 Å². The van der Waals surface area contributed by atoms with E-state index in [-0.39, 0.29) is 5.92 Å². The number of nitrogens with zero attached hydrogens (tertiary/aromatic N) is 1. The number of methoxy groups -OCH3 is 2. The lowest BCUT2D eigenvalue weighted by molar-refractivity contribution is 0.398. The van der Waals surface area contributed by atoms with Crippen molar-refractivity contribution in [2.24, 2.45) is 5.73 Å². The molecule has 0 radical (unpaired) electrons. The average molecular weight is 246 g/mol. The molecule has 1 unspecified atom stereocenters. The first-order valence-corrected chi connectivity index (χ1v) is 5.92. The molecule has 0 saturated carbocycles. The predicted octanol–water partition coefficient (Wildman–Crippen LogP) is 2.31. The van der Waals surface area contributed by atoms with Crippen molar-refractivity contribution in [3.63, 3.8) is 0 Å². The highest BCUT2D eigenvalue weighted by Gasteiger charge is 2.10. The Hall–Kier alpha value is -1.81. The SMILES string of the molecule is COc1cc(OC)c2ccc(C(C)CN)nc2c1. The van der Waals surface area contributed by atoms with Gasteiger partial charge in [-0.2, -0.15) is 0 Å². The summed E-state index contributed by atoms with van der Waals surface area (Å²) in [4.78, 5) is 4.62. The van der Waals surface area contributed by atoms with Crippen LogP contribution in [0, 0.1) is 0 Å². The second-order valence-electron chi connectivity index (χ2n) is 4.27. The highest BCUT2D eigenvalue weighted by molar-refractivity contribution is 5.86. The van der Waals surface area contributed by atoms with Gasteiger partial charge in [0.1, 0.15) is 11.5 Å². The maximum atomic E-state index is 5.67. The van der Waals surface area contributed by atoms with Crippen molar-refractivity contribution in [2.45, 2.75) is 12.8 Å². The highest BCUT2D eigenvalue weighted by Crippen LogP contribution is 2.30. The lowest BCUT2D eigenvalue weighted by atomic mass is 10.1. The molecule has 1 heterocycles. The smallest absolute Gasteiger partial charge is 0.131 e. The molecule has 0 bridgehead atoms. The quantitative estimate of drug-likeness (QED) is 0.899. The third-order valence-corrected chi connectivity index (χ3v) is 3.08. The zero-order valence-corrected chi connectivity index (χ0v) is 10.9. The van der Waals surface area contributed by atoms with Crippen LogP contribution >= 0.6 is 0 Å². The minimum Gasteiger partial charge on any atom is -0.497 e. The van der Waals surface area contributed by atoms with Crippen LogP contribution in [0.3, 0.4) is 0 Å². The summed E-state index contributed by atoms with van der Waals surface area (Å²) in [6, 6.07) is 7.78. The lowest BCUT2D eigenvalue weighted by Crippen LogP contribution is -2.10. The summed E-state index contributed by atoms with van der Waals surface area (Å²) in [5, 5.41) is 0.978. The van der Waals surface area contributed by atoms with Gasteiger partial charge in [0, 0.05) is 35.7 Å². The molecule has 0 fully saturated rings. The van der Waals surface area contributed by atoms with Crippen molar-refractivity contribution < 1.29 is 9.47 Å². The minimum atomic E-state index is 0.242. The summed E-state index contributed by atoms with van der Waals surface area (Å²) in [5.74, 6) is 1.75. The maximum Gasteiger partial charge on any atom is 0.131 e. The molecule has 18 heavy (non-hydrogen) atoms. The van der Waals surface area contributed by atoms with Crippen LogP contribution in [0.15, 0.2) is 24.3 Å². The van der Waals surface area contributed by atoms with Crippen LogP contribution < -0.4 is 15.2 Å². The summed E-state index contributed by atoms with van der Waals surface area (Å²) >= 11 is 0. The Morgan fingerprint density at radius 2 is 2.00 bits per heavy atom. The van der Waals surface area contributed by atoms with Crippen molar-refractivity contribution in [1.82, 2.24) is 4.98 Å². The number of nitrogens with two attached hydrogens (primary N) is 1. The Morgan fingerprint density at radius 1 is 1.22 bits per heavy atom. The van der Waals surface area contributed by atoms with E-state index in [0.29, 0.717) is 6.54 Å². The van der Waals surface area contributed by atoms with E-state index >= 15 is 0 Å². The van der Waals surface area contributed by atoms with Crippen molar-refractivity contribution in [3.05, 3.63) is 30.0 Å². The third kappa shape index (κ3) is 2.24. The summed E-state index contributed by atoms with van der Waals surface area (Å²) in [7, 11) is 3.28. The Bertz CT molecular complexity index is 555. The molecule has 2 rings (SSSR count). The molecule has 0 amide bonds. The molecular weight excluding hydrogens is 228 g/mol. The second-order valence-corrected chi connectivity index (χ2v) is 4.27. The van der Waals surface area contributed by atoms with Crippen LogP contribution in [0.5, 0.6) is 11.5 Å². The van der Waals surface area contributed by atoms with Gasteiger partial charge in [-0.05, 0) is 12.1 Å². The molecule has 2 N–H and O–H groups in total. The predicted molar refractivity (Wildman–Crippen MR) is 72.3 cm³/mol. The van der Waals surface area contributed by atoms with Crippen LogP contribution in [0.2, 0.25) is 0 Å². The van der Waals surface area contributed by atoms with Crippen LogP contribution in [-0.2, 0) is 0 Å². The Labute approximate surface area is 107 Å². The van der Waals surface area contributed by atoms with Crippen LogP contribution in [0.1, 0.15) is 18.5 Å². The summed E-state index contributed by atoms with van der Waals surface area (Å²) in [5.41, 5.74) is 7.52. The molecule has 4 nitrogen and oxygen atoms in total. The van der Waals surface area contributed by atoms with Crippen molar-refractivity contribution in [1.29, 1.82) is 0 Å². The number of pyridine rings is 1. The van der Waals surface area contributed by atoms with Gasteiger partial charge in [-0.1, -0.05) is 6.92 Å². The fraction of sp³-hybridized carbons (Fsp3) is 0.357. The molecule has 1 aromatic heterocycles. The van der Waals surface area contributed by atoms with Gasteiger partial charge in [-0.3, -0.25) is 4.98 Å². The first-order chi connectivity index (χ1) is 8.69. The fourth-order valence-corrected chi connectivity index (χ4v) is 1.87. The topological polar surface area (TPSA) is 57.4 Å². The van der Waals surface area contributed by atoms with Crippen LogP contribution in [0.25, 0.3) is 10.9 Å². The highest BCUT2D eigenvalue weighted by atomic mass is 16.5.